The van der Waals surface area contributed by atoms with Crippen LogP contribution in [0.1, 0.15) is 16.8 Å². The number of ether oxygens (including phenoxy) is 1. The van der Waals surface area contributed by atoms with Crippen LogP contribution in [0.25, 0.3) is 0 Å². The minimum atomic E-state index is -0.542. The van der Waals surface area contributed by atoms with Gasteiger partial charge in [0, 0.05) is 62.5 Å². The first kappa shape index (κ1) is 23.5. The smallest absolute Gasteiger partial charge is 0.270 e. The van der Waals surface area contributed by atoms with Crippen molar-refractivity contribution in [2.75, 3.05) is 44.7 Å². The van der Waals surface area contributed by atoms with Crippen LogP contribution in [0, 0.1) is 16.0 Å². The van der Waals surface area contributed by atoms with E-state index in [2.05, 4.69) is 0 Å². The molecule has 1 unspecified atom stereocenters. The van der Waals surface area contributed by atoms with E-state index in [1.807, 2.05) is 0 Å². The summed E-state index contributed by atoms with van der Waals surface area (Å²) < 4.78 is 5.14. The Hall–Kier alpha value is -3.66. The van der Waals surface area contributed by atoms with Gasteiger partial charge in [0.25, 0.3) is 11.6 Å². The summed E-state index contributed by atoms with van der Waals surface area (Å²) in [5.74, 6) is -0.569. The highest BCUT2D eigenvalue weighted by molar-refractivity contribution is 6.32. The van der Waals surface area contributed by atoms with Crippen LogP contribution in [-0.4, -0.2) is 72.3 Å². The molecule has 2 saturated heterocycles. The Kier molecular flexibility index (Phi) is 6.69. The van der Waals surface area contributed by atoms with E-state index in [0.29, 0.717) is 42.6 Å². The van der Waals surface area contributed by atoms with E-state index in [1.54, 1.807) is 32.9 Å². The van der Waals surface area contributed by atoms with Crippen molar-refractivity contribution in [3.05, 3.63) is 63.2 Å². The van der Waals surface area contributed by atoms with Crippen molar-refractivity contribution in [3.8, 4) is 5.75 Å². The fraction of sp³-hybridized carbons (Fsp3) is 0.348. The third-order valence-corrected chi connectivity index (χ3v) is 6.40. The molecule has 0 spiro atoms. The van der Waals surface area contributed by atoms with Gasteiger partial charge in [0.2, 0.25) is 11.8 Å². The number of non-ortho nitro benzene ring substituents is 1. The first-order chi connectivity index (χ1) is 16.3. The Morgan fingerprint density at radius 2 is 1.79 bits per heavy atom. The van der Waals surface area contributed by atoms with Gasteiger partial charge in [0.1, 0.15) is 5.75 Å². The van der Waals surface area contributed by atoms with Crippen LogP contribution in [0.3, 0.4) is 0 Å². The number of nitro benzene ring substituents is 1. The Morgan fingerprint density at radius 3 is 2.44 bits per heavy atom. The molecule has 0 N–H and O–H groups in total. The summed E-state index contributed by atoms with van der Waals surface area (Å²) in [6.07, 6.45) is 0.106. The molecule has 0 aromatic heterocycles. The highest BCUT2D eigenvalue weighted by Gasteiger charge is 2.38. The van der Waals surface area contributed by atoms with Crippen molar-refractivity contribution in [1.29, 1.82) is 0 Å². The summed E-state index contributed by atoms with van der Waals surface area (Å²) >= 11 is 6.18. The van der Waals surface area contributed by atoms with Crippen molar-refractivity contribution >= 4 is 40.7 Å². The molecule has 2 aromatic rings. The van der Waals surface area contributed by atoms with Crippen molar-refractivity contribution in [3.63, 3.8) is 0 Å². The molecule has 2 aliphatic heterocycles. The predicted octanol–water partition coefficient (Wildman–Crippen LogP) is 2.59. The second-order valence-electron chi connectivity index (χ2n) is 8.15. The molecule has 2 fully saturated rings. The summed E-state index contributed by atoms with van der Waals surface area (Å²) in [5, 5.41) is 11.4. The first-order valence-electron chi connectivity index (χ1n) is 10.7. The van der Waals surface area contributed by atoms with E-state index in [1.165, 1.54) is 31.4 Å². The Bertz CT molecular complexity index is 1150. The summed E-state index contributed by atoms with van der Waals surface area (Å²) in [4.78, 5) is 53.7. The van der Waals surface area contributed by atoms with Crippen LogP contribution < -0.4 is 9.64 Å². The minimum Gasteiger partial charge on any atom is -0.495 e. The fourth-order valence-corrected chi connectivity index (χ4v) is 4.52. The van der Waals surface area contributed by atoms with Crippen molar-refractivity contribution in [1.82, 2.24) is 9.80 Å². The van der Waals surface area contributed by atoms with Gasteiger partial charge < -0.3 is 19.4 Å². The van der Waals surface area contributed by atoms with Crippen LogP contribution in [0.4, 0.5) is 11.4 Å². The predicted molar refractivity (Wildman–Crippen MR) is 124 cm³/mol. The Labute approximate surface area is 200 Å². The van der Waals surface area contributed by atoms with Crippen molar-refractivity contribution < 1.29 is 24.0 Å². The number of piperazine rings is 1. The molecule has 0 radical (unpaired) electrons. The largest absolute Gasteiger partial charge is 0.495 e. The average molecular weight is 487 g/mol. The van der Waals surface area contributed by atoms with Crippen molar-refractivity contribution in [2.24, 2.45) is 5.92 Å². The molecule has 2 aromatic carbocycles. The third kappa shape index (κ3) is 4.67. The Morgan fingerprint density at radius 1 is 1.09 bits per heavy atom. The molecule has 0 aliphatic carbocycles. The van der Waals surface area contributed by atoms with Gasteiger partial charge in [0.15, 0.2) is 0 Å². The maximum absolute atomic E-state index is 13.1. The number of carbonyl (C=O) groups is 3. The molecular weight excluding hydrogens is 464 g/mol. The molecule has 11 heteroatoms. The van der Waals surface area contributed by atoms with Gasteiger partial charge in [-0.3, -0.25) is 24.5 Å². The lowest BCUT2D eigenvalue weighted by molar-refractivity contribution is -0.384. The van der Waals surface area contributed by atoms with E-state index in [9.17, 15) is 24.5 Å². The zero-order valence-electron chi connectivity index (χ0n) is 18.5. The molecule has 2 aliphatic rings. The highest BCUT2D eigenvalue weighted by atomic mass is 35.5. The van der Waals surface area contributed by atoms with Crippen LogP contribution in [0.2, 0.25) is 5.02 Å². The van der Waals surface area contributed by atoms with Gasteiger partial charge in [-0.2, -0.15) is 0 Å². The second-order valence-corrected chi connectivity index (χ2v) is 8.56. The molecule has 0 bridgehead atoms. The van der Waals surface area contributed by atoms with Gasteiger partial charge in [0.05, 0.1) is 23.0 Å². The molecule has 3 amide bonds. The summed E-state index contributed by atoms with van der Waals surface area (Å²) in [6, 6.07) is 10.7. The number of methoxy groups -OCH3 is 1. The first-order valence-corrected chi connectivity index (χ1v) is 11.1. The molecule has 10 nitrogen and oxygen atoms in total. The second kappa shape index (κ2) is 9.68. The van der Waals surface area contributed by atoms with Crippen LogP contribution in [-0.2, 0) is 9.59 Å². The van der Waals surface area contributed by atoms with Gasteiger partial charge in [-0.25, -0.2) is 0 Å². The monoisotopic (exact) mass is 486 g/mol. The fourth-order valence-electron chi connectivity index (χ4n) is 4.27. The molecule has 2 heterocycles. The SMILES string of the molecule is COc1ccc(N2CC(C(=O)N3CCN(C(=O)c4cccc([N+](=O)[O-])c4)CC3)CC2=O)cc1Cl. The zero-order valence-corrected chi connectivity index (χ0v) is 19.2. The topological polar surface area (TPSA) is 113 Å². The Balaban J connectivity index is 1.36. The van der Waals surface area contributed by atoms with Gasteiger partial charge in [-0.05, 0) is 24.3 Å². The van der Waals surface area contributed by atoms with Crippen LogP contribution >= 0.6 is 11.6 Å². The van der Waals surface area contributed by atoms with E-state index in [4.69, 9.17) is 16.3 Å². The molecule has 4 rings (SSSR count). The molecular formula is C23H23ClN4O6. The molecule has 178 valence electrons. The third-order valence-electron chi connectivity index (χ3n) is 6.10. The zero-order chi connectivity index (χ0) is 24.4. The van der Waals surface area contributed by atoms with E-state index in [-0.39, 0.29) is 41.9 Å². The number of hydrogen-bond donors (Lipinski definition) is 0. The number of carbonyl (C=O) groups excluding carboxylic acids is 3. The van der Waals surface area contributed by atoms with E-state index in [0.717, 1.165) is 0 Å². The van der Waals surface area contributed by atoms with Gasteiger partial charge in [-0.15, -0.1) is 0 Å². The molecule has 34 heavy (non-hydrogen) atoms. The van der Waals surface area contributed by atoms with E-state index >= 15 is 0 Å². The van der Waals surface area contributed by atoms with Crippen LogP contribution in [0.15, 0.2) is 42.5 Å². The lowest BCUT2D eigenvalue weighted by Gasteiger charge is -2.36. The highest BCUT2D eigenvalue weighted by Crippen LogP contribution is 2.33. The molecule has 1 atom stereocenters. The quantitative estimate of drug-likeness (QED) is 0.474. The molecule has 0 saturated carbocycles. The summed E-state index contributed by atoms with van der Waals surface area (Å²) in [5.41, 5.74) is 0.705. The number of anilines is 1. The number of halogens is 1. The van der Waals surface area contributed by atoms with E-state index < -0.39 is 10.8 Å². The normalized spacial score (nSPS) is 18.2. The van der Waals surface area contributed by atoms with Gasteiger partial charge >= 0.3 is 0 Å². The number of hydrogen-bond acceptors (Lipinski definition) is 6. The lowest BCUT2D eigenvalue weighted by Crippen LogP contribution is -2.52. The van der Waals surface area contributed by atoms with Gasteiger partial charge in [-0.1, -0.05) is 17.7 Å². The number of nitrogens with zero attached hydrogens (tertiary/aromatic N) is 4. The average Bonchev–Trinajstić information content (AvgIpc) is 3.24. The number of amides is 3. The number of nitro groups is 1. The minimum absolute atomic E-state index is 0.106. The van der Waals surface area contributed by atoms with Crippen molar-refractivity contribution in [2.45, 2.75) is 6.42 Å². The summed E-state index contributed by atoms with van der Waals surface area (Å²) in [7, 11) is 1.51. The number of benzene rings is 2. The standard InChI is InChI=1S/C23H23ClN4O6/c1-34-20-6-5-17(13-19(20)24)27-14-16(12-21(27)29)23(31)26-9-7-25(8-10-26)22(30)15-3-2-4-18(11-15)28(32)33/h2-6,11,13,16H,7-10,12,14H2,1H3. The maximum Gasteiger partial charge on any atom is 0.270 e. The summed E-state index contributed by atoms with van der Waals surface area (Å²) in [6.45, 7) is 1.54. The van der Waals surface area contributed by atoms with Crippen LogP contribution in [0.5, 0.6) is 5.75 Å². The lowest BCUT2D eigenvalue weighted by atomic mass is 10.1. The number of rotatable bonds is 5. The maximum atomic E-state index is 13.1.